The van der Waals surface area contributed by atoms with Crippen molar-refractivity contribution in [2.45, 2.75) is 20.0 Å². The van der Waals surface area contributed by atoms with Crippen LogP contribution in [0, 0.1) is 10.1 Å². The molecule has 0 saturated carbocycles. The molecule has 1 N–H and O–H groups in total. The summed E-state index contributed by atoms with van der Waals surface area (Å²) in [5.74, 6) is -0.558. The van der Waals surface area contributed by atoms with Crippen LogP contribution in [0.4, 0.5) is 5.69 Å². The summed E-state index contributed by atoms with van der Waals surface area (Å²) in [6, 6.07) is 0. The number of nitro groups is 1. The summed E-state index contributed by atoms with van der Waals surface area (Å²) >= 11 is 3.35. The van der Waals surface area contributed by atoms with E-state index in [0.29, 0.717) is 6.54 Å². The van der Waals surface area contributed by atoms with Gasteiger partial charge in [0, 0.05) is 13.6 Å². The Morgan fingerprint density at radius 2 is 2.19 bits per heavy atom. The van der Waals surface area contributed by atoms with Crippen LogP contribution in [0.15, 0.2) is 16.9 Å². The largest absolute Gasteiger partial charge is 0.345 e. The van der Waals surface area contributed by atoms with Gasteiger partial charge in [0.2, 0.25) is 5.69 Å². The summed E-state index contributed by atoms with van der Waals surface area (Å²) in [5.41, 5.74) is 0.382. The summed E-state index contributed by atoms with van der Waals surface area (Å²) in [7, 11) is 1.48. The van der Waals surface area contributed by atoms with Crippen LogP contribution in [0.25, 0.3) is 0 Å². The summed E-state index contributed by atoms with van der Waals surface area (Å²) in [5, 5.41) is 21.4. The third-order valence-electron chi connectivity index (χ3n) is 2.94. The van der Waals surface area contributed by atoms with E-state index in [2.05, 4.69) is 31.4 Å². The molecule has 0 bridgehead atoms. The zero-order valence-electron chi connectivity index (χ0n) is 11.4. The van der Waals surface area contributed by atoms with Crippen LogP contribution in [-0.2, 0) is 20.1 Å². The number of hydrogen-bond acceptors (Lipinski definition) is 5. The second kappa shape index (κ2) is 6.04. The fraction of sp³-hybridized carbons (Fsp3) is 0.364. The lowest BCUT2D eigenvalue weighted by molar-refractivity contribution is -0.385. The molecule has 0 fully saturated rings. The highest BCUT2D eigenvalue weighted by molar-refractivity contribution is 9.10. The highest BCUT2D eigenvalue weighted by atomic mass is 79.9. The Bertz CT molecular complexity index is 692. The number of nitrogens with zero attached hydrogens (tertiary/aromatic N) is 5. The number of aromatic nitrogens is 4. The smallest absolute Gasteiger partial charge is 0.320 e. The Labute approximate surface area is 128 Å². The van der Waals surface area contributed by atoms with Gasteiger partial charge in [-0.25, -0.2) is 0 Å². The second-order valence-corrected chi connectivity index (χ2v) is 5.05. The maximum atomic E-state index is 12.1. The van der Waals surface area contributed by atoms with Crippen molar-refractivity contribution in [3.05, 3.63) is 38.4 Å². The Morgan fingerprint density at radius 1 is 1.48 bits per heavy atom. The van der Waals surface area contributed by atoms with Gasteiger partial charge in [0.25, 0.3) is 5.91 Å². The van der Waals surface area contributed by atoms with Crippen molar-refractivity contribution < 1.29 is 9.72 Å². The number of carbonyl (C=O) groups excluding carboxylic acids is 1. The average Bonchev–Trinajstić information content (AvgIpc) is 2.99. The minimum Gasteiger partial charge on any atom is -0.345 e. The zero-order valence-corrected chi connectivity index (χ0v) is 13.0. The van der Waals surface area contributed by atoms with Crippen LogP contribution < -0.4 is 5.32 Å². The molecule has 0 saturated heterocycles. The zero-order chi connectivity index (χ0) is 15.6. The van der Waals surface area contributed by atoms with Crippen molar-refractivity contribution in [3.8, 4) is 0 Å². The predicted octanol–water partition coefficient (Wildman–Crippen LogP) is 1.24. The molecule has 0 aliphatic heterocycles. The highest BCUT2D eigenvalue weighted by Gasteiger charge is 2.25. The number of aryl methyl sites for hydroxylation is 2. The van der Waals surface area contributed by atoms with E-state index in [1.165, 1.54) is 11.7 Å². The first kappa shape index (κ1) is 15.2. The maximum Gasteiger partial charge on any atom is 0.320 e. The fourth-order valence-corrected chi connectivity index (χ4v) is 2.34. The molecule has 0 unspecified atom stereocenters. The van der Waals surface area contributed by atoms with Gasteiger partial charge in [0.05, 0.1) is 27.8 Å². The Morgan fingerprint density at radius 3 is 2.81 bits per heavy atom. The molecule has 1 amide bonds. The molecule has 2 heterocycles. The van der Waals surface area contributed by atoms with Crippen LogP contribution in [0.1, 0.15) is 23.1 Å². The number of nitrogens with one attached hydrogen (secondary N) is 1. The molecule has 112 valence electrons. The highest BCUT2D eigenvalue weighted by Crippen LogP contribution is 2.18. The van der Waals surface area contributed by atoms with E-state index in [9.17, 15) is 14.9 Å². The van der Waals surface area contributed by atoms with Crippen LogP contribution >= 0.6 is 15.9 Å². The Hall–Kier alpha value is -2.23. The molecular weight excluding hydrogens is 344 g/mol. The molecule has 0 atom stereocenters. The number of amides is 1. The molecular formula is C11H13BrN6O3. The van der Waals surface area contributed by atoms with Gasteiger partial charge in [0.15, 0.2) is 0 Å². The lowest BCUT2D eigenvalue weighted by atomic mass is 10.3. The predicted molar refractivity (Wildman–Crippen MR) is 76.6 cm³/mol. The molecule has 0 aliphatic carbocycles. The van der Waals surface area contributed by atoms with Gasteiger partial charge in [-0.2, -0.15) is 10.2 Å². The van der Waals surface area contributed by atoms with Crippen molar-refractivity contribution in [1.82, 2.24) is 24.9 Å². The van der Waals surface area contributed by atoms with E-state index >= 15 is 0 Å². The summed E-state index contributed by atoms with van der Waals surface area (Å²) in [6.45, 7) is 2.79. The lowest BCUT2D eigenvalue weighted by Gasteiger charge is -2.08. The van der Waals surface area contributed by atoms with Gasteiger partial charge in [-0.05, 0) is 22.9 Å². The third-order valence-corrected chi connectivity index (χ3v) is 3.61. The molecule has 0 spiro atoms. The molecule has 2 rings (SSSR count). The van der Waals surface area contributed by atoms with Gasteiger partial charge in [0.1, 0.15) is 6.20 Å². The van der Waals surface area contributed by atoms with E-state index in [4.69, 9.17) is 0 Å². The standard InChI is InChI=1S/C11H13BrN6O3/c1-3-17-8(7(12)4-15-17)5-13-11(19)10-9(18(20)21)6-14-16(10)2/h4,6H,3,5H2,1-2H3,(H,13,19). The summed E-state index contributed by atoms with van der Waals surface area (Å²) < 4.78 is 3.67. The SMILES string of the molecule is CCn1ncc(Br)c1CNC(=O)c1c([N+](=O)[O-])cnn1C. The summed E-state index contributed by atoms with van der Waals surface area (Å²) in [4.78, 5) is 22.4. The first-order valence-corrected chi connectivity index (χ1v) is 6.89. The second-order valence-electron chi connectivity index (χ2n) is 4.20. The first-order chi connectivity index (χ1) is 9.95. The van der Waals surface area contributed by atoms with Crippen LogP contribution in [-0.4, -0.2) is 30.4 Å². The number of hydrogen-bond donors (Lipinski definition) is 1. The van der Waals surface area contributed by atoms with Gasteiger partial charge in [-0.1, -0.05) is 0 Å². The summed E-state index contributed by atoms with van der Waals surface area (Å²) in [6.07, 6.45) is 2.69. The number of rotatable bonds is 5. The van der Waals surface area contributed by atoms with Crippen molar-refractivity contribution >= 4 is 27.5 Å². The van der Waals surface area contributed by atoms with Crippen LogP contribution in [0.3, 0.4) is 0 Å². The van der Waals surface area contributed by atoms with Crippen molar-refractivity contribution in [2.75, 3.05) is 0 Å². The molecule has 0 aromatic carbocycles. The van der Waals surface area contributed by atoms with Crippen molar-refractivity contribution in [2.24, 2.45) is 7.05 Å². The Balaban J connectivity index is 2.18. The van der Waals surface area contributed by atoms with Crippen LogP contribution in [0.2, 0.25) is 0 Å². The third kappa shape index (κ3) is 2.94. The first-order valence-electron chi connectivity index (χ1n) is 6.10. The minimum absolute atomic E-state index is 0.0845. The van der Waals surface area contributed by atoms with E-state index in [0.717, 1.165) is 16.4 Å². The fourth-order valence-electron chi connectivity index (χ4n) is 1.91. The van der Waals surface area contributed by atoms with Gasteiger partial charge >= 0.3 is 5.69 Å². The maximum absolute atomic E-state index is 12.1. The topological polar surface area (TPSA) is 108 Å². The Kier molecular flexibility index (Phi) is 4.36. The molecule has 0 aliphatic rings. The van der Waals surface area contributed by atoms with E-state index in [1.807, 2.05) is 6.92 Å². The molecule has 2 aromatic rings. The van der Waals surface area contributed by atoms with E-state index in [-0.39, 0.29) is 17.9 Å². The normalized spacial score (nSPS) is 10.6. The molecule has 9 nitrogen and oxygen atoms in total. The van der Waals surface area contributed by atoms with Crippen molar-refractivity contribution in [1.29, 1.82) is 0 Å². The minimum atomic E-state index is -0.631. The van der Waals surface area contributed by atoms with Gasteiger partial charge < -0.3 is 5.32 Å². The number of halogens is 1. The van der Waals surface area contributed by atoms with Gasteiger partial charge in [-0.15, -0.1) is 0 Å². The quantitative estimate of drug-likeness (QED) is 0.640. The molecule has 0 radical (unpaired) electrons. The molecule has 10 heteroatoms. The number of carbonyl (C=O) groups is 1. The van der Waals surface area contributed by atoms with Gasteiger partial charge in [-0.3, -0.25) is 24.3 Å². The lowest BCUT2D eigenvalue weighted by Crippen LogP contribution is -2.27. The van der Waals surface area contributed by atoms with Crippen molar-refractivity contribution in [3.63, 3.8) is 0 Å². The molecule has 2 aromatic heterocycles. The van der Waals surface area contributed by atoms with Crippen LogP contribution in [0.5, 0.6) is 0 Å². The monoisotopic (exact) mass is 356 g/mol. The average molecular weight is 357 g/mol. The molecule has 21 heavy (non-hydrogen) atoms. The van der Waals surface area contributed by atoms with E-state index < -0.39 is 10.8 Å². The van der Waals surface area contributed by atoms with E-state index in [1.54, 1.807) is 10.9 Å².